The molecule has 0 aromatic rings. The maximum Gasteiger partial charge on any atom is 0.392 e. The van der Waals surface area contributed by atoms with Crippen molar-refractivity contribution < 1.29 is 13.2 Å². The molecular formula is C7H11F3. The molecule has 0 aliphatic carbocycles. The van der Waals surface area contributed by atoms with E-state index >= 15 is 0 Å². The minimum absolute atomic E-state index is 0.732. The third-order valence-electron chi connectivity index (χ3n) is 0.971. The van der Waals surface area contributed by atoms with Crippen LogP contribution in [-0.4, -0.2) is 6.18 Å². The van der Waals surface area contributed by atoms with Gasteiger partial charge in [0.25, 0.3) is 0 Å². The summed E-state index contributed by atoms with van der Waals surface area (Å²) in [4.78, 5) is 0. The Kier molecular flexibility index (Phi) is 4.16. The fraction of sp³-hybridized carbons (Fsp3) is 0.714. The molecule has 0 heterocycles. The highest BCUT2D eigenvalue weighted by Crippen LogP contribution is 2.19. The number of halogens is 3. The van der Waals surface area contributed by atoms with Gasteiger partial charge in [-0.05, 0) is 6.42 Å². The maximum atomic E-state index is 11.4. The molecule has 0 rings (SSSR count). The average molecular weight is 152 g/mol. The first-order chi connectivity index (χ1) is 4.56. The summed E-state index contributed by atoms with van der Waals surface area (Å²) in [7, 11) is 0. The van der Waals surface area contributed by atoms with Crippen LogP contribution in [0.15, 0.2) is 12.2 Å². The summed E-state index contributed by atoms with van der Waals surface area (Å²) >= 11 is 0. The van der Waals surface area contributed by atoms with Gasteiger partial charge in [0.15, 0.2) is 0 Å². The molecule has 0 spiro atoms. The van der Waals surface area contributed by atoms with Crippen LogP contribution >= 0.6 is 0 Å². The smallest absolute Gasteiger partial charge is 0.171 e. The number of hydrogen-bond donors (Lipinski definition) is 0. The Hall–Kier alpha value is -0.470. The van der Waals surface area contributed by atoms with Crippen molar-refractivity contribution in [2.24, 2.45) is 0 Å². The fourth-order valence-corrected chi connectivity index (χ4v) is 0.501. The van der Waals surface area contributed by atoms with Crippen molar-refractivity contribution in [1.82, 2.24) is 0 Å². The molecule has 0 aromatic carbocycles. The molecule has 0 bridgehead atoms. The van der Waals surface area contributed by atoms with Gasteiger partial charge in [0.05, 0.1) is 6.42 Å². The average Bonchev–Trinajstić information content (AvgIpc) is 1.78. The van der Waals surface area contributed by atoms with E-state index < -0.39 is 12.6 Å². The van der Waals surface area contributed by atoms with E-state index in [1.54, 1.807) is 6.08 Å². The van der Waals surface area contributed by atoms with Gasteiger partial charge in [-0.15, -0.1) is 0 Å². The third-order valence-corrected chi connectivity index (χ3v) is 0.971. The lowest BCUT2D eigenvalue weighted by Gasteiger charge is -1.99. The predicted octanol–water partition coefficient (Wildman–Crippen LogP) is 3.30. The van der Waals surface area contributed by atoms with E-state index in [4.69, 9.17) is 0 Å². The first kappa shape index (κ1) is 9.53. The summed E-state index contributed by atoms with van der Waals surface area (Å²) in [6.45, 7) is 1.93. The molecule has 0 aliphatic heterocycles. The van der Waals surface area contributed by atoms with Crippen LogP contribution in [0.1, 0.15) is 26.2 Å². The second-order valence-electron chi connectivity index (χ2n) is 2.08. The molecule has 0 atom stereocenters. The summed E-state index contributed by atoms with van der Waals surface area (Å²) in [6, 6.07) is 0. The van der Waals surface area contributed by atoms with Crippen molar-refractivity contribution in [3.8, 4) is 0 Å². The Labute approximate surface area is 58.7 Å². The Morgan fingerprint density at radius 2 is 1.80 bits per heavy atom. The van der Waals surface area contributed by atoms with Crippen LogP contribution in [0.5, 0.6) is 0 Å². The predicted molar refractivity (Wildman–Crippen MR) is 34.7 cm³/mol. The van der Waals surface area contributed by atoms with Crippen LogP contribution in [-0.2, 0) is 0 Å². The summed E-state index contributed by atoms with van der Waals surface area (Å²) in [5.41, 5.74) is 0. The first-order valence-corrected chi connectivity index (χ1v) is 3.28. The molecule has 0 amide bonds. The van der Waals surface area contributed by atoms with E-state index in [1.165, 1.54) is 6.08 Å². The lowest BCUT2D eigenvalue weighted by atomic mass is 10.3. The van der Waals surface area contributed by atoms with Gasteiger partial charge in [-0.3, -0.25) is 0 Å². The zero-order chi connectivity index (χ0) is 8.04. The zero-order valence-corrected chi connectivity index (χ0v) is 5.91. The maximum absolute atomic E-state index is 11.4. The number of unbranched alkanes of at least 4 members (excludes halogenated alkanes) is 1. The summed E-state index contributed by atoms with van der Waals surface area (Å²) in [5.74, 6) is 0. The summed E-state index contributed by atoms with van der Waals surface area (Å²) < 4.78 is 34.3. The quantitative estimate of drug-likeness (QED) is 0.544. The SMILES string of the molecule is CCC/C=C/CC(F)(F)F. The van der Waals surface area contributed by atoms with Gasteiger partial charge in [0, 0.05) is 0 Å². The van der Waals surface area contributed by atoms with Gasteiger partial charge in [-0.2, -0.15) is 13.2 Å². The number of allylic oxidation sites excluding steroid dienone is 2. The zero-order valence-electron chi connectivity index (χ0n) is 5.91. The number of alkyl halides is 3. The van der Waals surface area contributed by atoms with Gasteiger partial charge in [0.2, 0.25) is 0 Å². The van der Waals surface area contributed by atoms with Gasteiger partial charge >= 0.3 is 6.18 Å². The normalized spacial score (nSPS) is 12.8. The highest BCUT2D eigenvalue weighted by atomic mass is 19.4. The van der Waals surface area contributed by atoms with Crippen molar-refractivity contribution in [3.05, 3.63) is 12.2 Å². The van der Waals surface area contributed by atoms with Crippen molar-refractivity contribution in [2.75, 3.05) is 0 Å². The van der Waals surface area contributed by atoms with E-state index in [0.717, 1.165) is 12.8 Å². The molecule has 3 heteroatoms. The molecule has 0 nitrogen and oxygen atoms in total. The van der Waals surface area contributed by atoms with Crippen molar-refractivity contribution >= 4 is 0 Å². The summed E-state index contributed by atoms with van der Waals surface area (Å²) in [5, 5.41) is 0. The molecule has 0 saturated carbocycles. The van der Waals surface area contributed by atoms with Crippen LogP contribution in [0, 0.1) is 0 Å². The lowest BCUT2D eigenvalue weighted by Crippen LogP contribution is -2.03. The van der Waals surface area contributed by atoms with E-state index in [1.807, 2.05) is 6.92 Å². The minimum Gasteiger partial charge on any atom is -0.171 e. The van der Waals surface area contributed by atoms with Crippen molar-refractivity contribution in [1.29, 1.82) is 0 Å². The largest absolute Gasteiger partial charge is 0.392 e. The van der Waals surface area contributed by atoms with Gasteiger partial charge in [-0.25, -0.2) is 0 Å². The molecule has 60 valence electrons. The molecule has 10 heavy (non-hydrogen) atoms. The van der Waals surface area contributed by atoms with Crippen molar-refractivity contribution in [3.63, 3.8) is 0 Å². The highest BCUT2D eigenvalue weighted by molar-refractivity contribution is 4.83. The molecule has 0 unspecified atom stereocenters. The molecule has 0 saturated heterocycles. The van der Waals surface area contributed by atoms with Crippen LogP contribution in [0.4, 0.5) is 13.2 Å². The van der Waals surface area contributed by atoms with E-state index in [2.05, 4.69) is 0 Å². The molecule has 0 N–H and O–H groups in total. The summed E-state index contributed by atoms with van der Waals surface area (Å²) in [6.07, 6.45) is -0.474. The van der Waals surface area contributed by atoms with Crippen LogP contribution in [0.3, 0.4) is 0 Å². The van der Waals surface area contributed by atoms with Gasteiger partial charge in [-0.1, -0.05) is 25.5 Å². The molecule has 0 fully saturated rings. The molecule has 0 aliphatic rings. The minimum atomic E-state index is -4.04. The van der Waals surface area contributed by atoms with Crippen molar-refractivity contribution in [2.45, 2.75) is 32.4 Å². The molecular weight excluding hydrogens is 141 g/mol. The Balaban J connectivity index is 3.34. The second-order valence-corrected chi connectivity index (χ2v) is 2.08. The number of hydrogen-bond acceptors (Lipinski definition) is 0. The second kappa shape index (κ2) is 4.36. The van der Waals surface area contributed by atoms with Crippen LogP contribution in [0.25, 0.3) is 0 Å². The van der Waals surface area contributed by atoms with Crippen LogP contribution < -0.4 is 0 Å². The number of rotatable bonds is 3. The van der Waals surface area contributed by atoms with E-state index in [0.29, 0.717) is 0 Å². The van der Waals surface area contributed by atoms with Gasteiger partial charge < -0.3 is 0 Å². The fourth-order valence-electron chi connectivity index (χ4n) is 0.501. The van der Waals surface area contributed by atoms with Crippen LogP contribution in [0.2, 0.25) is 0 Å². The van der Waals surface area contributed by atoms with Gasteiger partial charge in [0.1, 0.15) is 0 Å². The Bertz CT molecular complexity index is 102. The highest BCUT2D eigenvalue weighted by Gasteiger charge is 2.24. The Morgan fingerprint density at radius 3 is 2.20 bits per heavy atom. The monoisotopic (exact) mass is 152 g/mol. The lowest BCUT2D eigenvalue weighted by molar-refractivity contribution is -0.125. The van der Waals surface area contributed by atoms with E-state index in [9.17, 15) is 13.2 Å². The standard InChI is InChI=1S/C7H11F3/c1-2-3-4-5-6-7(8,9)10/h4-5H,2-3,6H2,1H3/b5-4+. The molecule has 0 radical (unpaired) electrons. The first-order valence-electron chi connectivity index (χ1n) is 3.28. The third kappa shape index (κ3) is 7.53. The topological polar surface area (TPSA) is 0 Å². The van der Waals surface area contributed by atoms with E-state index in [-0.39, 0.29) is 0 Å². The Morgan fingerprint density at radius 1 is 1.20 bits per heavy atom. The molecule has 0 aromatic heterocycles.